The zero-order valence-electron chi connectivity index (χ0n) is 16.2. The van der Waals surface area contributed by atoms with E-state index >= 15 is 0 Å². The first-order chi connectivity index (χ1) is 14.0. The standard InChI is InChI=1S/C23H19N3OS2/c1-16-8-9-18(17(2)12-16)13-21-22(27)26(23(29-21)19(14-24)15-25)10-11-28-20-6-4-3-5-7-20/h3-9,12-13H,10-11H2,1-2H3/b21-13-. The van der Waals surface area contributed by atoms with E-state index in [2.05, 4.69) is 6.07 Å². The van der Waals surface area contributed by atoms with Crippen LogP contribution in [0, 0.1) is 36.5 Å². The Kier molecular flexibility index (Phi) is 6.72. The van der Waals surface area contributed by atoms with Crippen LogP contribution in [-0.4, -0.2) is 10.3 Å². The summed E-state index contributed by atoms with van der Waals surface area (Å²) < 4.78 is 2.50. The lowest BCUT2D eigenvalue weighted by molar-refractivity contribution is 0.730. The molecule has 3 rings (SSSR count). The maximum absolute atomic E-state index is 13.1. The molecule has 0 unspecified atom stereocenters. The van der Waals surface area contributed by atoms with Crippen molar-refractivity contribution in [3.8, 4) is 12.1 Å². The molecule has 144 valence electrons. The summed E-state index contributed by atoms with van der Waals surface area (Å²) in [6.07, 6.45) is 1.85. The highest BCUT2D eigenvalue weighted by molar-refractivity contribution is 7.99. The van der Waals surface area contributed by atoms with Gasteiger partial charge < -0.3 is 0 Å². The van der Waals surface area contributed by atoms with Crippen LogP contribution in [0.25, 0.3) is 11.6 Å². The predicted octanol–water partition coefficient (Wildman–Crippen LogP) is 3.35. The molecule has 6 heteroatoms. The molecule has 0 amide bonds. The van der Waals surface area contributed by atoms with Crippen molar-refractivity contribution in [2.24, 2.45) is 0 Å². The quantitative estimate of drug-likeness (QED) is 0.597. The van der Waals surface area contributed by atoms with Crippen molar-refractivity contribution in [1.82, 2.24) is 4.57 Å². The summed E-state index contributed by atoms with van der Waals surface area (Å²) in [5, 5.41) is 18.7. The molecule has 0 saturated carbocycles. The average molecular weight is 418 g/mol. The van der Waals surface area contributed by atoms with E-state index in [0.29, 0.717) is 21.5 Å². The van der Waals surface area contributed by atoms with Gasteiger partial charge in [-0.3, -0.25) is 9.36 Å². The summed E-state index contributed by atoms with van der Waals surface area (Å²) in [6.45, 7) is 4.46. The molecular formula is C23H19N3OS2. The van der Waals surface area contributed by atoms with Crippen molar-refractivity contribution in [3.63, 3.8) is 0 Å². The molecular weight excluding hydrogens is 398 g/mol. The van der Waals surface area contributed by atoms with Crippen molar-refractivity contribution in [2.45, 2.75) is 25.3 Å². The van der Waals surface area contributed by atoms with Gasteiger partial charge in [0.2, 0.25) is 0 Å². The minimum atomic E-state index is -0.165. The third-order valence-electron chi connectivity index (χ3n) is 4.38. The first-order valence-corrected chi connectivity index (χ1v) is 10.8. The highest BCUT2D eigenvalue weighted by Gasteiger charge is 2.10. The Labute approximate surface area is 177 Å². The monoisotopic (exact) mass is 417 g/mol. The van der Waals surface area contributed by atoms with Crippen molar-refractivity contribution >= 4 is 34.7 Å². The highest BCUT2D eigenvalue weighted by atomic mass is 32.2. The number of aryl methyl sites for hydroxylation is 2. The van der Waals surface area contributed by atoms with Gasteiger partial charge in [0.15, 0.2) is 5.57 Å². The van der Waals surface area contributed by atoms with Crippen LogP contribution in [0.3, 0.4) is 0 Å². The average Bonchev–Trinajstić information content (AvgIpc) is 3.02. The number of benzene rings is 2. The van der Waals surface area contributed by atoms with Crippen molar-refractivity contribution in [2.75, 3.05) is 5.75 Å². The van der Waals surface area contributed by atoms with Crippen LogP contribution in [0.15, 0.2) is 58.2 Å². The van der Waals surface area contributed by atoms with Gasteiger partial charge in [0.05, 0.1) is 4.53 Å². The molecule has 1 heterocycles. The van der Waals surface area contributed by atoms with Crippen LogP contribution in [-0.2, 0) is 6.54 Å². The van der Waals surface area contributed by atoms with Gasteiger partial charge in [-0.2, -0.15) is 10.5 Å². The third-order valence-corrected chi connectivity index (χ3v) is 6.51. The van der Waals surface area contributed by atoms with E-state index in [1.54, 1.807) is 16.3 Å². The lowest BCUT2D eigenvalue weighted by Crippen LogP contribution is -2.32. The largest absolute Gasteiger partial charge is 0.296 e. The van der Waals surface area contributed by atoms with Crippen molar-refractivity contribution in [3.05, 3.63) is 84.8 Å². The van der Waals surface area contributed by atoms with Gasteiger partial charge in [-0.25, -0.2) is 0 Å². The number of thiazole rings is 1. The summed E-state index contributed by atoms with van der Waals surface area (Å²) in [5.41, 5.74) is 3.00. The molecule has 3 aromatic rings. The van der Waals surface area contributed by atoms with Gasteiger partial charge in [-0.1, -0.05) is 42.0 Å². The summed E-state index contributed by atoms with van der Waals surface area (Å²) in [7, 11) is 0. The van der Waals surface area contributed by atoms with E-state index in [1.165, 1.54) is 11.3 Å². The van der Waals surface area contributed by atoms with Gasteiger partial charge >= 0.3 is 0 Å². The number of nitriles is 2. The smallest absolute Gasteiger partial charge is 0.269 e. The van der Waals surface area contributed by atoms with Crippen LogP contribution in [0.1, 0.15) is 16.7 Å². The molecule has 0 aliphatic carbocycles. The van der Waals surface area contributed by atoms with Crippen molar-refractivity contribution in [1.29, 1.82) is 10.5 Å². The number of rotatable bonds is 5. The van der Waals surface area contributed by atoms with Gasteiger partial charge in [0, 0.05) is 17.2 Å². The van der Waals surface area contributed by atoms with Gasteiger partial charge in [0.25, 0.3) is 5.56 Å². The second kappa shape index (κ2) is 9.43. The number of nitrogens with zero attached hydrogens (tertiary/aromatic N) is 3. The second-order valence-electron chi connectivity index (χ2n) is 6.49. The topological polar surface area (TPSA) is 69.6 Å². The normalized spacial score (nSPS) is 11.1. The van der Waals surface area contributed by atoms with Crippen LogP contribution in [0.2, 0.25) is 0 Å². The van der Waals surface area contributed by atoms with E-state index in [0.717, 1.165) is 21.6 Å². The third kappa shape index (κ3) is 4.86. The zero-order chi connectivity index (χ0) is 20.8. The molecule has 0 spiro atoms. The number of aromatic nitrogens is 1. The molecule has 4 nitrogen and oxygen atoms in total. The predicted molar refractivity (Wildman–Crippen MR) is 119 cm³/mol. The lowest BCUT2D eigenvalue weighted by atomic mass is 10.1. The first-order valence-electron chi connectivity index (χ1n) is 9.04. The van der Waals surface area contributed by atoms with Crippen LogP contribution in [0.5, 0.6) is 0 Å². The second-order valence-corrected chi connectivity index (χ2v) is 8.69. The summed E-state index contributed by atoms with van der Waals surface area (Å²) in [4.78, 5) is 14.2. The molecule has 0 bridgehead atoms. The molecule has 0 fully saturated rings. The first kappa shape index (κ1) is 20.7. The van der Waals surface area contributed by atoms with Gasteiger partial charge in [-0.05, 0) is 43.2 Å². The SMILES string of the molecule is Cc1ccc(/C=c2\sc(=C(C#N)C#N)n(CCSc3ccccc3)c2=O)c(C)c1. The fourth-order valence-corrected chi connectivity index (χ4v) is 4.86. The van der Waals surface area contributed by atoms with Crippen LogP contribution in [0.4, 0.5) is 0 Å². The molecule has 0 saturated heterocycles. The highest BCUT2D eigenvalue weighted by Crippen LogP contribution is 2.16. The maximum Gasteiger partial charge on any atom is 0.269 e. The number of hydrogen-bond donors (Lipinski definition) is 0. The van der Waals surface area contributed by atoms with E-state index in [4.69, 9.17) is 0 Å². The van der Waals surface area contributed by atoms with E-state index in [9.17, 15) is 15.3 Å². The minimum Gasteiger partial charge on any atom is -0.296 e. The molecule has 0 aliphatic heterocycles. The maximum atomic E-state index is 13.1. The fraction of sp³-hybridized carbons (Fsp3) is 0.174. The van der Waals surface area contributed by atoms with E-state index in [-0.39, 0.29) is 11.1 Å². The molecule has 29 heavy (non-hydrogen) atoms. The molecule has 0 aliphatic rings. The van der Waals surface area contributed by atoms with Gasteiger partial charge in [0.1, 0.15) is 16.8 Å². The summed E-state index contributed by atoms with van der Waals surface area (Å²) >= 11 is 2.84. The Morgan fingerprint density at radius 2 is 1.86 bits per heavy atom. The van der Waals surface area contributed by atoms with Crippen LogP contribution < -0.4 is 14.8 Å². The Morgan fingerprint density at radius 1 is 1.14 bits per heavy atom. The van der Waals surface area contributed by atoms with Gasteiger partial charge in [-0.15, -0.1) is 23.1 Å². The number of hydrogen-bond acceptors (Lipinski definition) is 5. The Hall–Kier alpha value is -3.06. The number of thioether (sulfide) groups is 1. The zero-order valence-corrected chi connectivity index (χ0v) is 17.8. The van der Waals surface area contributed by atoms with E-state index < -0.39 is 0 Å². The molecule has 0 radical (unpaired) electrons. The summed E-state index contributed by atoms with van der Waals surface area (Å²) in [6, 6.07) is 19.8. The Bertz CT molecular complexity index is 1270. The van der Waals surface area contributed by atoms with Crippen molar-refractivity contribution < 1.29 is 0 Å². The van der Waals surface area contributed by atoms with Crippen LogP contribution >= 0.6 is 23.1 Å². The Balaban J connectivity index is 2.05. The van der Waals surface area contributed by atoms with E-state index in [1.807, 2.05) is 74.5 Å². The minimum absolute atomic E-state index is 0.0305. The Morgan fingerprint density at radius 3 is 2.52 bits per heavy atom. The molecule has 1 aromatic heterocycles. The lowest BCUT2D eigenvalue weighted by Gasteiger charge is -2.03. The summed E-state index contributed by atoms with van der Waals surface area (Å²) in [5.74, 6) is 0.667. The molecule has 0 atom stereocenters. The molecule has 2 aromatic carbocycles. The molecule has 0 N–H and O–H groups in total. The fourth-order valence-electron chi connectivity index (χ4n) is 2.93.